The van der Waals surface area contributed by atoms with Crippen LogP contribution in [-0.2, 0) is 16.1 Å². The van der Waals surface area contributed by atoms with Crippen LogP contribution in [0.3, 0.4) is 0 Å². The lowest BCUT2D eigenvalue weighted by atomic mass is 10.1. The highest BCUT2D eigenvalue weighted by Crippen LogP contribution is 2.27. The number of likely N-dealkylation sites (tertiary alicyclic amines) is 1. The number of hydrogen-bond acceptors (Lipinski definition) is 2. The largest absolute Gasteiger partial charge is 0.338 e. The molecule has 0 bridgehead atoms. The summed E-state index contributed by atoms with van der Waals surface area (Å²) in [5.41, 5.74) is 3.95. The van der Waals surface area contributed by atoms with Gasteiger partial charge < -0.3 is 10.2 Å². The van der Waals surface area contributed by atoms with Crippen molar-refractivity contribution in [3.8, 4) is 0 Å². The van der Waals surface area contributed by atoms with Crippen molar-refractivity contribution in [3.63, 3.8) is 0 Å². The highest BCUT2D eigenvalue weighted by Gasteiger charge is 2.34. The van der Waals surface area contributed by atoms with Crippen molar-refractivity contribution >= 4 is 33.4 Å². The molecular weight excluding hydrogens is 380 g/mol. The summed E-state index contributed by atoms with van der Waals surface area (Å²) in [4.78, 5) is 26.6. The Morgan fingerprint density at radius 2 is 1.92 bits per heavy atom. The maximum atomic E-state index is 12.6. The predicted molar refractivity (Wildman–Crippen MR) is 102 cm³/mol. The Hall–Kier alpha value is -2.14. The molecule has 0 radical (unpaired) electrons. The summed E-state index contributed by atoms with van der Waals surface area (Å²) in [6.07, 6.45) is 0.271. The van der Waals surface area contributed by atoms with Crippen LogP contribution in [0.1, 0.15) is 23.1 Å². The SMILES string of the molecule is Cc1cc(NC(=O)[C@H]2CC(=O)N(Cc3ccccc3)C2)c(C)cc1Br. The van der Waals surface area contributed by atoms with Crippen molar-refractivity contribution in [2.24, 2.45) is 5.92 Å². The molecule has 1 atom stereocenters. The lowest BCUT2D eigenvalue weighted by Gasteiger charge is -2.17. The number of amides is 2. The fourth-order valence-corrected chi connectivity index (χ4v) is 3.51. The van der Waals surface area contributed by atoms with E-state index in [4.69, 9.17) is 0 Å². The van der Waals surface area contributed by atoms with Gasteiger partial charge in [-0.05, 0) is 42.7 Å². The number of halogens is 1. The molecule has 2 aromatic carbocycles. The average Bonchev–Trinajstić information content (AvgIpc) is 2.94. The maximum Gasteiger partial charge on any atom is 0.229 e. The van der Waals surface area contributed by atoms with Crippen LogP contribution < -0.4 is 5.32 Å². The minimum absolute atomic E-state index is 0.0349. The monoisotopic (exact) mass is 400 g/mol. The van der Waals surface area contributed by atoms with E-state index in [1.54, 1.807) is 4.90 Å². The molecule has 3 rings (SSSR count). The predicted octanol–water partition coefficient (Wildman–Crippen LogP) is 4.05. The number of carbonyl (C=O) groups is 2. The lowest BCUT2D eigenvalue weighted by Crippen LogP contribution is -2.28. The quantitative estimate of drug-likeness (QED) is 0.841. The van der Waals surface area contributed by atoms with Gasteiger partial charge in [-0.1, -0.05) is 46.3 Å². The van der Waals surface area contributed by atoms with E-state index in [1.165, 1.54) is 0 Å². The average molecular weight is 401 g/mol. The Balaban J connectivity index is 1.66. The summed E-state index contributed by atoms with van der Waals surface area (Å²) in [5, 5.41) is 2.99. The molecule has 4 nitrogen and oxygen atoms in total. The fraction of sp³-hybridized carbons (Fsp3) is 0.300. The van der Waals surface area contributed by atoms with Crippen LogP contribution in [0.5, 0.6) is 0 Å². The highest BCUT2D eigenvalue weighted by atomic mass is 79.9. The first-order valence-electron chi connectivity index (χ1n) is 8.33. The third-order valence-electron chi connectivity index (χ3n) is 4.57. The molecule has 0 aromatic heterocycles. The zero-order valence-corrected chi connectivity index (χ0v) is 16.0. The molecule has 0 spiro atoms. The fourth-order valence-electron chi connectivity index (χ4n) is 3.05. The smallest absolute Gasteiger partial charge is 0.229 e. The number of nitrogens with one attached hydrogen (secondary N) is 1. The van der Waals surface area contributed by atoms with Gasteiger partial charge in [0, 0.05) is 29.7 Å². The Kier molecular flexibility index (Phi) is 5.23. The number of benzene rings is 2. The number of rotatable bonds is 4. The molecule has 2 amide bonds. The van der Waals surface area contributed by atoms with E-state index in [1.807, 2.05) is 56.3 Å². The van der Waals surface area contributed by atoms with Crippen LogP contribution in [0.2, 0.25) is 0 Å². The number of aryl methyl sites for hydroxylation is 2. The van der Waals surface area contributed by atoms with E-state index in [9.17, 15) is 9.59 Å². The van der Waals surface area contributed by atoms with Crippen LogP contribution in [0.25, 0.3) is 0 Å². The van der Waals surface area contributed by atoms with E-state index in [0.717, 1.165) is 26.9 Å². The van der Waals surface area contributed by atoms with Crippen LogP contribution in [-0.4, -0.2) is 23.3 Å². The van der Waals surface area contributed by atoms with Gasteiger partial charge in [-0.3, -0.25) is 9.59 Å². The van der Waals surface area contributed by atoms with Gasteiger partial charge >= 0.3 is 0 Å². The number of nitrogens with zero attached hydrogens (tertiary/aromatic N) is 1. The molecule has 2 aromatic rings. The molecular formula is C20H21BrN2O2. The summed E-state index contributed by atoms with van der Waals surface area (Å²) in [6, 6.07) is 13.8. The Labute approximate surface area is 156 Å². The van der Waals surface area contributed by atoms with Crippen molar-refractivity contribution in [2.75, 3.05) is 11.9 Å². The highest BCUT2D eigenvalue weighted by molar-refractivity contribution is 9.10. The molecule has 0 unspecified atom stereocenters. The third-order valence-corrected chi connectivity index (χ3v) is 5.42. The first kappa shape index (κ1) is 17.7. The van der Waals surface area contributed by atoms with E-state index in [2.05, 4.69) is 21.2 Å². The summed E-state index contributed by atoms with van der Waals surface area (Å²) >= 11 is 3.50. The lowest BCUT2D eigenvalue weighted by molar-refractivity contribution is -0.128. The van der Waals surface area contributed by atoms with Crippen LogP contribution in [0.4, 0.5) is 5.69 Å². The van der Waals surface area contributed by atoms with Gasteiger partial charge in [-0.2, -0.15) is 0 Å². The van der Waals surface area contributed by atoms with Crippen molar-refractivity contribution in [3.05, 3.63) is 63.6 Å². The normalized spacial score (nSPS) is 17.0. The van der Waals surface area contributed by atoms with Gasteiger partial charge in [0.05, 0.1) is 5.92 Å². The van der Waals surface area contributed by atoms with Gasteiger partial charge in [0.1, 0.15) is 0 Å². The molecule has 130 valence electrons. The summed E-state index contributed by atoms with van der Waals surface area (Å²) in [6.45, 7) is 4.97. The van der Waals surface area contributed by atoms with Gasteiger partial charge in [0.15, 0.2) is 0 Å². The third kappa shape index (κ3) is 4.10. The number of carbonyl (C=O) groups excluding carboxylic acids is 2. The molecule has 0 saturated carbocycles. The second-order valence-corrected chi connectivity index (χ2v) is 7.42. The molecule has 25 heavy (non-hydrogen) atoms. The summed E-state index contributed by atoms with van der Waals surface area (Å²) in [5.74, 6) is -0.360. The Bertz CT molecular complexity index is 805. The Morgan fingerprint density at radius 3 is 2.64 bits per heavy atom. The number of hydrogen-bond donors (Lipinski definition) is 1. The number of anilines is 1. The van der Waals surface area contributed by atoms with E-state index in [-0.39, 0.29) is 24.2 Å². The van der Waals surface area contributed by atoms with E-state index >= 15 is 0 Å². The minimum Gasteiger partial charge on any atom is -0.338 e. The van der Waals surface area contributed by atoms with Gasteiger partial charge in [0.2, 0.25) is 11.8 Å². The zero-order valence-electron chi connectivity index (χ0n) is 14.4. The zero-order chi connectivity index (χ0) is 18.0. The first-order valence-corrected chi connectivity index (χ1v) is 9.12. The van der Waals surface area contributed by atoms with Crippen LogP contribution >= 0.6 is 15.9 Å². The minimum atomic E-state index is -0.306. The standard InChI is InChI=1S/C20H21BrN2O2/c1-13-9-18(14(2)8-17(13)21)22-20(25)16-10-19(24)23(12-16)11-15-6-4-3-5-7-15/h3-9,16H,10-12H2,1-2H3,(H,22,25)/t16-/m0/s1. The van der Waals surface area contributed by atoms with Crippen molar-refractivity contribution in [2.45, 2.75) is 26.8 Å². The molecule has 1 saturated heterocycles. The molecule has 5 heteroatoms. The topological polar surface area (TPSA) is 49.4 Å². The summed E-state index contributed by atoms with van der Waals surface area (Å²) < 4.78 is 1.02. The molecule has 1 fully saturated rings. The van der Waals surface area contributed by atoms with E-state index in [0.29, 0.717) is 13.1 Å². The van der Waals surface area contributed by atoms with Crippen LogP contribution in [0.15, 0.2) is 46.9 Å². The van der Waals surface area contributed by atoms with Crippen molar-refractivity contribution in [1.29, 1.82) is 0 Å². The molecule has 1 aliphatic heterocycles. The van der Waals surface area contributed by atoms with Crippen molar-refractivity contribution < 1.29 is 9.59 Å². The first-order chi connectivity index (χ1) is 11.9. The van der Waals surface area contributed by atoms with E-state index < -0.39 is 0 Å². The molecule has 1 aliphatic rings. The molecule has 1 heterocycles. The maximum absolute atomic E-state index is 12.6. The second-order valence-electron chi connectivity index (χ2n) is 6.57. The van der Waals surface area contributed by atoms with Crippen molar-refractivity contribution in [1.82, 2.24) is 4.90 Å². The molecule has 1 N–H and O–H groups in total. The molecule has 0 aliphatic carbocycles. The van der Waals surface area contributed by atoms with Gasteiger partial charge in [-0.25, -0.2) is 0 Å². The van der Waals surface area contributed by atoms with Gasteiger partial charge in [-0.15, -0.1) is 0 Å². The Morgan fingerprint density at radius 1 is 1.20 bits per heavy atom. The van der Waals surface area contributed by atoms with Crippen LogP contribution in [0, 0.1) is 19.8 Å². The van der Waals surface area contributed by atoms with Gasteiger partial charge in [0.25, 0.3) is 0 Å². The second kappa shape index (κ2) is 7.40. The summed E-state index contributed by atoms with van der Waals surface area (Å²) in [7, 11) is 0.